The maximum absolute atomic E-state index is 12.4. The summed E-state index contributed by atoms with van der Waals surface area (Å²) < 4.78 is 0. The van der Waals surface area contributed by atoms with Crippen molar-refractivity contribution in [2.24, 2.45) is 17.6 Å². The number of carbonyl (C=O) groups excluding carboxylic acids is 1. The smallest absolute Gasteiger partial charge is 0.223 e. The first-order valence-electron chi connectivity index (χ1n) is 8.92. The molecule has 3 N–H and O–H groups in total. The number of nitrogens with zero attached hydrogens (tertiary/aromatic N) is 1. The van der Waals surface area contributed by atoms with Gasteiger partial charge >= 0.3 is 0 Å². The number of nitrogens with one attached hydrogen (secondary N) is 1. The van der Waals surface area contributed by atoms with E-state index in [0.29, 0.717) is 12.0 Å². The fourth-order valence-electron chi connectivity index (χ4n) is 3.91. The molecule has 0 spiro atoms. The van der Waals surface area contributed by atoms with Crippen molar-refractivity contribution in [1.82, 2.24) is 10.2 Å². The minimum atomic E-state index is 0.226. The number of hydrogen-bond donors (Lipinski definition) is 2. The van der Waals surface area contributed by atoms with Gasteiger partial charge in [-0.2, -0.15) is 0 Å². The SMILES string of the molecule is CC(CNC(=O)C1CCCC(CCN)C1)N1CCCCC1. The molecule has 1 heterocycles. The normalized spacial score (nSPS) is 29.0. The van der Waals surface area contributed by atoms with Crippen molar-refractivity contribution < 1.29 is 4.79 Å². The molecular formula is C17H33N3O. The molecule has 0 aromatic heterocycles. The number of carbonyl (C=O) groups is 1. The van der Waals surface area contributed by atoms with Crippen LogP contribution in [0.25, 0.3) is 0 Å². The fourth-order valence-corrected chi connectivity index (χ4v) is 3.91. The minimum Gasteiger partial charge on any atom is -0.354 e. The molecule has 3 unspecified atom stereocenters. The van der Waals surface area contributed by atoms with E-state index >= 15 is 0 Å². The van der Waals surface area contributed by atoms with E-state index in [0.717, 1.165) is 32.4 Å². The molecule has 21 heavy (non-hydrogen) atoms. The highest BCUT2D eigenvalue weighted by atomic mass is 16.1. The molecule has 0 aromatic carbocycles. The van der Waals surface area contributed by atoms with Gasteiger partial charge in [-0.25, -0.2) is 0 Å². The van der Waals surface area contributed by atoms with Crippen LogP contribution < -0.4 is 11.1 Å². The van der Waals surface area contributed by atoms with E-state index < -0.39 is 0 Å². The molecule has 0 radical (unpaired) electrons. The van der Waals surface area contributed by atoms with Crippen LogP contribution in [0.2, 0.25) is 0 Å². The Labute approximate surface area is 129 Å². The van der Waals surface area contributed by atoms with Crippen molar-refractivity contribution in [2.45, 2.75) is 64.3 Å². The highest BCUT2D eigenvalue weighted by Crippen LogP contribution is 2.30. The number of nitrogens with two attached hydrogens (primary N) is 1. The first-order valence-corrected chi connectivity index (χ1v) is 8.92. The predicted octanol–water partition coefficient (Wildman–Crippen LogP) is 2.13. The van der Waals surface area contributed by atoms with Gasteiger partial charge in [-0.3, -0.25) is 9.69 Å². The molecule has 2 fully saturated rings. The standard InChI is InChI=1S/C17H33N3O/c1-14(20-10-3-2-4-11-20)13-19-17(21)16-7-5-6-15(12-16)8-9-18/h14-16H,2-13,18H2,1H3,(H,19,21). The molecule has 3 atom stereocenters. The Morgan fingerprint density at radius 3 is 2.71 bits per heavy atom. The fraction of sp³-hybridized carbons (Fsp3) is 0.941. The Bertz CT molecular complexity index is 313. The molecule has 2 aliphatic rings. The topological polar surface area (TPSA) is 58.4 Å². The average molecular weight is 295 g/mol. The van der Waals surface area contributed by atoms with Gasteiger partial charge in [0.1, 0.15) is 0 Å². The van der Waals surface area contributed by atoms with Crippen LogP contribution in [0, 0.1) is 11.8 Å². The summed E-state index contributed by atoms with van der Waals surface area (Å²) in [5.74, 6) is 1.17. The van der Waals surface area contributed by atoms with Crippen LogP contribution in [0.15, 0.2) is 0 Å². The third kappa shape index (κ3) is 5.26. The molecule has 1 aliphatic heterocycles. The summed E-state index contributed by atoms with van der Waals surface area (Å²) in [4.78, 5) is 14.9. The van der Waals surface area contributed by atoms with Gasteiger partial charge in [0, 0.05) is 18.5 Å². The largest absolute Gasteiger partial charge is 0.354 e. The van der Waals surface area contributed by atoms with Gasteiger partial charge < -0.3 is 11.1 Å². The summed E-state index contributed by atoms with van der Waals surface area (Å²) in [5.41, 5.74) is 5.66. The second-order valence-electron chi connectivity index (χ2n) is 7.00. The Morgan fingerprint density at radius 1 is 1.24 bits per heavy atom. The zero-order chi connectivity index (χ0) is 15.1. The quantitative estimate of drug-likeness (QED) is 0.789. The first-order chi connectivity index (χ1) is 10.2. The van der Waals surface area contributed by atoms with Crippen LogP contribution in [0.1, 0.15) is 58.3 Å². The zero-order valence-electron chi connectivity index (χ0n) is 13.7. The molecule has 1 saturated heterocycles. The Balaban J connectivity index is 1.70. The number of likely N-dealkylation sites (tertiary alicyclic amines) is 1. The van der Waals surface area contributed by atoms with Gasteiger partial charge in [0.25, 0.3) is 0 Å². The Morgan fingerprint density at radius 2 is 2.00 bits per heavy atom. The highest BCUT2D eigenvalue weighted by Gasteiger charge is 2.27. The van der Waals surface area contributed by atoms with Crippen LogP contribution in [0.4, 0.5) is 0 Å². The van der Waals surface area contributed by atoms with Crippen molar-refractivity contribution >= 4 is 5.91 Å². The number of amides is 1. The van der Waals surface area contributed by atoms with E-state index in [-0.39, 0.29) is 11.8 Å². The number of hydrogen-bond acceptors (Lipinski definition) is 3. The van der Waals surface area contributed by atoms with Gasteiger partial charge in [-0.15, -0.1) is 0 Å². The number of rotatable bonds is 6. The van der Waals surface area contributed by atoms with E-state index in [4.69, 9.17) is 5.73 Å². The summed E-state index contributed by atoms with van der Waals surface area (Å²) in [5, 5.41) is 3.20. The average Bonchev–Trinajstić information content (AvgIpc) is 2.53. The molecule has 0 aromatic rings. The second-order valence-corrected chi connectivity index (χ2v) is 7.00. The third-order valence-electron chi connectivity index (χ3n) is 5.31. The van der Waals surface area contributed by atoms with Crippen molar-refractivity contribution in [3.8, 4) is 0 Å². The van der Waals surface area contributed by atoms with Crippen LogP contribution in [0.5, 0.6) is 0 Å². The van der Waals surface area contributed by atoms with E-state index in [1.807, 2.05) is 0 Å². The zero-order valence-corrected chi connectivity index (χ0v) is 13.7. The lowest BCUT2D eigenvalue weighted by atomic mass is 9.79. The summed E-state index contributed by atoms with van der Waals surface area (Å²) in [7, 11) is 0. The van der Waals surface area contributed by atoms with Gasteiger partial charge in [0.05, 0.1) is 0 Å². The molecule has 1 saturated carbocycles. The molecule has 4 nitrogen and oxygen atoms in total. The van der Waals surface area contributed by atoms with Crippen LogP contribution in [0.3, 0.4) is 0 Å². The van der Waals surface area contributed by atoms with E-state index in [9.17, 15) is 4.79 Å². The first kappa shape index (κ1) is 16.8. The van der Waals surface area contributed by atoms with Crippen molar-refractivity contribution in [1.29, 1.82) is 0 Å². The van der Waals surface area contributed by atoms with E-state index in [2.05, 4.69) is 17.1 Å². The van der Waals surface area contributed by atoms with Gasteiger partial charge in [-0.1, -0.05) is 19.3 Å². The third-order valence-corrected chi connectivity index (χ3v) is 5.31. The van der Waals surface area contributed by atoms with Crippen LogP contribution in [-0.4, -0.2) is 43.0 Å². The summed E-state index contributed by atoms with van der Waals surface area (Å²) in [6.45, 7) is 6.18. The second kappa shape index (κ2) is 8.74. The van der Waals surface area contributed by atoms with Crippen LogP contribution >= 0.6 is 0 Å². The number of piperidine rings is 1. The highest BCUT2D eigenvalue weighted by molar-refractivity contribution is 5.78. The molecular weight excluding hydrogens is 262 g/mol. The molecule has 122 valence electrons. The molecule has 1 amide bonds. The lowest BCUT2D eigenvalue weighted by molar-refractivity contribution is -0.126. The molecule has 2 rings (SSSR count). The Kier molecular flexibility index (Phi) is 6.97. The van der Waals surface area contributed by atoms with E-state index in [1.165, 1.54) is 45.2 Å². The summed E-state index contributed by atoms with van der Waals surface area (Å²) in [6, 6.07) is 0.470. The molecule has 1 aliphatic carbocycles. The monoisotopic (exact) mass is 295 g/mol. The maximum Gasteiger partial charge on any atom is 0.223 e. The van der Waals surface area contributed by atoms with Gasteiger partial charge in [-0.05, 0) is 64.6 Å². The minimum absolute atomic E-state index is 0.226. The predicted molar refractivity (Wildman–Crippen MR) is 87.0 cm³/mol. The lowest BCUT2D eigenvalue weighted by Gasteiger charge is -2.33. The van der Waals surface area contributed by atoms with Crippen molar-refractivity contribution in [2.75, 3.05) is 26.2 Å². The van der Waals surface area contributed by atoms with Gasteiger partial charge in [0.15, 0.2) is 0 Å². The maximum atomic E-state index is 12.4. The van der Waals surface area contributed by atoms with Crippen molar-refractivity contribution in [3.05, 3.63) is 0 Å². The summed E-state index contributed by atoms with van der Waals surface area (Å²) >= 11 is 0. The van der Waals surface area contributed by atoms with E-state index in [1.54, 1.807) is 0 Å². The Hall–Kier alpha value is -0.610. The van der Waals surface area contributed by atoms with Crippen molar-refractivity contribution in [3.63, 3.8) is 0 Å². The molecule has 4 heteroatoms. The molecule has 0 bridgehead atoms. The lowest BCUT2D eigenvalue weighted by Crippen LogP contribution is -2.46. The van der Waals surface area contributed by atoms with Gasteiger partial charge in [0.2, 0.25) is 5.91 Å². The van der Waals surface area contributed by atoms with Crippen LogP contribution in [-0.2, 0) is 4.79 Å². The summed E-state index contributed by atoms with van der Waals surface area (Å²) in [6.07, 6.45) is 9.60.